The Morgan fingerprint density at radius 1 is 0.532 bits per heavy atom. The molecule has 21 heteroatoms. The van der Waals surface area contributed by atoms with E-state index < -0.39 is 0 Å². The van der Waals surface area contributed by atoms with E-state index in [1.54, 1.807) is 84.8 Å². The van der Waals surface area contributed by atoms with E-state index in [1.807, 2.05) is 51.8 Å². The van der Waals surface area contributed by atoms with E-state index in [2.05, 4.69) is 53.1 Å². The molecule has 0 spiro atoms. The van der Waals surface area contributed by atoms with Crippen LogP contribution in [0.2, 0.25) is 30.1 Å². The zero-order valence-corrected chi connectivity index (χ0v) is 45.8. The van der Waals surface area contributed by atoms with Crippen molar-refractivity contribution in [3.63, 3.8) is 0 Å². The first kappa shape index (κ1) is 53.9. The van der Waals surface area contributed by atoms with Crippen LogP contribution < -0.4 is 25.8 Å². The number of carbonyl (C=O) groups is 3. The number of carbonyl (C=O) groups excluding carboxylic acids is 3. The number of amides is 4. The molecule has 0 atom stereocenters. The monoisotopic (exact) mass is 1150 g/mol. The number of nitrogens with one attached hydrogen (secondary N) is 3. The molecule has 4 aliphatic heterocycles. The first-order valence-electron chi connectivity index (χ1n) is 24.9. The highest BCUT2D eigenvalue weighted by atomic mass is 35.5. The minimum atomic E-state index is -0.379. The fourth-order valence-electron chi connectivity index (χ4n) is 10.2. The molecule has 0 unspecified atom stereocenters. The van der Waals surface area contributed by atoms with Gasteiger partial charge < -0.3 is 16.0 Å². The number of halogens is 6. The average Bonchev–Trinajstić information content (AvgIpc) is 4.20. The highest BCUT2D eigenvalue weighted by Crippen LogP contribution is 2.47. The Labute approximate surface area is 475 Å². The van der Waals surface area contributed by atoms with Gasteiger partial charge in [0.05, 0.1) is 54.9 Å². The number of likely N-dealkylation sites (tertiary alicyclic amines) is 1. The Balaban J connectivity index is 0.000000150. The van der Waals surface area contributed by atoms with Gasteiger partial charge in [-0.15, -0.1) is 0 Å². The molecule has 12 rings (SSSR count). The number of aldehydes is 1. The molecule has 2 saturated heterocycles. The van der Waals surface area contributed by atoms with Gasteiger partial charge in [0.2, 0.25) is 0 Å². The molecule has 0 bridgehead atoms. The lowest BCUT2D eigenvalue weighted by molar-refractivity contribution is 0.112. The van der Waals surface area contributed by atoms with Crippen molar-refractivity contribution < 1.29 is 14.4 Å². The van der Waals surface area contributed by atoms with Crippen molar-refractivity contribution in [3.05, 3.63) is 187 Å². The first-order valence-corrected chi connectivity index (χ1v) is 27.2. The maximum atomic E-state index is 13.3. The van der Waals surface area contributed by atoms with Gasteiger partial charge in [0.1, 0.15) is 31.6 Å². The van der Waals surface area contributed by atoms with E-state index in [0.717, 1.165) is 96.5 Å². The summed E-state index contributed by atoms with van der Waals surface area (Å²) in [4.78, 5) is 51.1. The lowest BCUT2D eigenvalue weighted by Gasteiger charge is -2.35. The summed E-state index contributed by atoms with van der Waals surface area (Å²) in [5.41, 5.74) is 8.82. The van der Waals surface area contributed by atoms with E-state index in [0.29, 0.717) is 71.4 Å². The SMILES string of the molecule is O=C1NCc2c(-c3ccccc3Cl)cc(CN3CCC(n4cncn4)CC3)cc2N1c1c(Cl)cccc1Cl.O=Cc1cc(-c2ccccc2Cl)c2c(c1)N(c1c(Cl)cccc1Cl)C(=O)NC2.c1ncn(C2CCNCC2)n1. The Kier molecular flexibility index (Phi) is 17.1. The van der Waals surface area contributed by atoms with E-state index in [9.17, 15) is 14.4 Å². The van der Waals surface area contributed by atoms with Crippen LogP contribution in [0.3, 0.4) is 0 Å². The second kappa shape index (κ2) is 24.4. The smallest absolute Gasteiger partial charge is 0.326 e. The number of benzene rings is 6. The summed E-state index contributed by atoms with van der Waals surface area (Å²) in [5, 5.41) is 20.2. The quantitative estimate of drug-likeness (QED) is 0.120. The molecule has 2 fully saturated rings. The zero-order valence-electron chi connectivity index (χ0n) is 41.2. The molecule has 0 radical (unpaired) electrons. The van der Waals surface area contributed by atoms with Crippen molar-refractivity contribution >= 4 is 111 Å². The largest absolute Gasteiger partial charge is 0.333 e. The lowest BCUT2D eigenvalue weighted by Crippen LogP contribution is -2.42. The number of piperidine rings is 2. The molecular formula is C56H50Cl6N12O3. The number of para-hydroxylation sites is 2. The highest BCUT2D eigenvalue weighted by molar-refractivity contribution is 6.41. The molecular weight excluding hydrogens is 1100 g/mol. The number of fused-ring (bicyclic) bond motifs is 2. The Morgan fingerprint density at radius 3 is 1.45 bits per heavy atom. The second-order valence-electron chi connectivity index (χ2n) is 18.7. The summed E-state index contributed by atoms with van der Waals surface area (Å²) in [6.45, 7) is 5.46. The standard InChI is InChI=1S/C28H25Cl3N6O.C21H13Cl3N2O2.C7H12N4/c29-23-5-2-1-4-20(23)21-12-18(15-35-10-8-19(9-11-35)36-17-32-16-34-36)13-26-22(21)14-33-28(38)37(26)27-24(30)6-3-7-25(27)31;22-16-5-2-1-4-13(16)14-8-12(11-27)9-19-15(14)10-25-21(28)26(19)20-17(23)6-3-7-18(20)24;1-3-8-4-2-7(1)11-6-9-5-10-11/h1-7,12-13,16-17,19H,8-11,14-15H2,(H,33,38);1-9,11H,10H2,(H,25,28);5-8H,1-4H2. The predicted octanol–water partition coefficient (Wildman–Crippen LogP) is 13.8. The van der Waals surface area contributed by atoms with Crippen molar-refractivity contribution in [2.24, 2.45) is 0 Å². The third-order valence-electron chi connectivity index (χ3n) is 13.9. The summed E-state index contributed by atoms with van der Waals surface area (Å²) in [6.07, 6.45) is 11.8. The predicted molar refractivity (Wildman–Crippen MR) is 306 cm³/mol. The zero-order chi connectivity index (χ0) is 53.6. The van der Waals surface area contributed by atoms with Crippen LogP contribution in [0.25, 0.3) is 22.3 Å². The van der Waals surface area contributed by atoms with Gasteiger partial charge in [-0.25, -0.2) is 28.9 Å². The van der Waals surface area contributed by atoms with Crippen molar-refractivity contribution in [2.45, 2.75) is 57.4 Å². The molecule has 0 saturated carbocycles. The fraction of sp³-hybridized carbons (Fsp3) is 0.232. The molecule has 2 aromatic heterocycles. The van der Waals surface area contributed by atoms with Crippen LogP contribution in [0.1, 0.15) is 64.8 Å². The first-order chi connectivity index (χ1) is 37.5. The van der Waals surface area contributed by atoms with Gasteiger partial charge in [-0.2, -0.15) is 10.2 Å². The van der Waals surface area contributed by atoms with Gasteiger partial charge >= 0.3 is 12.1 Å². The summed E-state index contributed by atoms with van der Waals surface area (Å²) >= 11 is 38.9. The Bertz CT molecular complexity index is 3380. The summed E-state index contributed by atoms with van der Waals surface area (Å²) in [7, 11) is 0. The molecule has 8 aromatic rings. The Morgan fingerprint density at radius 2 is 0.987 bits per heavy atom. The molecule has 4 amide bonds. The van der Waals surface area contributed by atoms with E-state index in [4.69, 9.17) is 69.6 Å². The topological polar surface area (TPSA) is 158 Å². The second-order valence-corrected chi connectivity index (χ2v) is 21.1. The molecule has 6 heterocycles. The van der Waals surface area contributed by atoms with Gasteiger partial charge in [-0.1, -0.05) is 118 Å². The summed E-state index contributed by atoms with van der Waals surface area (Å²) in [6, 6.07) is 33.3. The fourth-order valence-corrected chi connectivity index (χ4v) is 11.8. The Hall–Kier alpha value is -6.53. The van der Waals surface area contributed by atoms with E-state index in [-0.39, 0.29) is 18.6 Å². The number of aromatic nitrogens is 6. The van der Waals surface area contributed by atoms with Gasteiger partial charge in [0, 0.05) is 70.6 Å². The van der Waals surface area contributed by atoms with Crippen molar-refractivity contribution in [2.75, 3.05) is 36.0 Å². The molecule has 4 aliphatic rings. The summed E-state index contributed by atoms with van der Waals surface area (Å²) < 4.78 is 3.91. The molecule has 3 N–H and O–H groups in total. The minimum absolute atomic E-state index is 0.275. The van der Waals surface area contributed by atoms with Crippen LogP contribution in [0.5, 0.6) is 0 Å². The van der Waals surface area contributed by atoms with Crippen molar-refractivity contribution in [1.82, 2.24) is 50.4 Å². The highest BCUT2D eigenvalue weighted by Gasteiger charge is 2.34. The van der Waals surface area contributed by atoms with Crippen LogP contribution in [0.4, 0.5) is 32.3 Å². The van der Waals surface area contributed by atoms with Gasteiger partial charge in [-0.3, -0.25) is 19.5 Å². The number of anilines is 4. The van der Waals surface area contributed by atoms with Crippen LogP contribution in [-0.2, 0) is 19.6 Å². The molecule has 15 nitrogen and oxygen atoms in total. The van der Waals surface area contributed by atoms with E-state index >= 15 is 0 Å². The van der Waals surface area contributed by atoms with Gasteiger partial charge in [-0.05, 0) is 116 Å². The molecule has 6 aromatic carbocycles. The third-order valence-corrected chi connectivity index (χ3v) is 15.8. The number of hydrogen-bond acceptors (Lipinski definition) is 9. The van der Waals surface area contributed by atoms with E-state index in [1.165, 1.54) is 17.7 Å². The van der Waals surface area contributed by atoms with Crippen LogP contribution in [0.15, 0.2) is 135 Å². The number of hydrogen-bond donors (Lipinski definition) is 3. The van der Waals surface area contributed by atoms with Crippen molar-refractivity contribution in [3.8, 4) is 22.3 Å². The number of rotatable bonds is 9. The maximum Gasteiger partial charge on any atom is 0.326 e. The third kappa shape index (κ3) is 11.8. The number of urea groups is 2. The summed E-state index contributed by atoms with van der Waals surface area (Å²) in [5.74, 6) is 0. The molecule has 394 valence electrons. The van der Waals surface area contributed by atoms with Crippen LogP contribution >= 0.6 is 69.6 Å². The molecule has 77 heavy (non-hydrogen) atoms. The van der Waals surface area contributed by atoms with Crippen molar-refractivity contribution in [1.29, 1.82) is 0 Å². The molecule has 0 aliphatic carbocycles. The lowest BCUT2D eigenvalue weighted by atomic mass is 9.93. The van der Waals surface area contributed by atoms with Crippen LogP contribution in [-0.4, -0.2) is 79.0 Å². The van der Waals surface area contributed by atoms with Gasteiger partial charge in [0.15, 0.2) is 0 Å². The average molecular weight is 1150 g/mol. The van der Waals surface area contributed by atoms with Gasteiger partial charge in [0.25, 0.3) is 0 Å². The van der Waals surface area contributed by atoms with Crippen LogP contribution in [0, 0.1) is 0 Å². The number of nitrogens with zero attached hydrogens (tertiary/aromatic N) is 9. The maximum absolute atomic E-state index is 13.3. The normalized spacial score (nSPS) is 15.8. The minimum Gasteiger partial charge on any atom is -0.333 e.